The molecule has 2 N–H and O–H groups in total. The van der Waals surface area contributed by atoms with Gasteiger partial charge in [-0.1, -0.05) is 32.0 Å². The van der Waals surface area contributed by atoms with Crippen LogP contribution in [0.3, 0.4) is 0 Å². The van der Waals surface area contributed by atoms with Crippen molar-refractivity contribution in [1.29, 1.82) is 0 Å². The number of carbonyl (C=O) groups excluding carboxylic acids is 2. The zero-order chi connectivity index (χ0) is 27.0. The molecule has 38 heavy (non-hydrogen) atoms. The molecule has 4 aliphatic rings. The molecule has 202 valence electrons. The van der Waals surface area contributed by atoms with E-state index in [0.29, 0.717) is 46.6 Å². The highest BCUT2D eigenvalue weighted by Gasteiger charge is 2.63. The topological polar surface area (TPSA) is 88.4 Å². The van der Waals surface area contributed by atoms with Gasteiger partial charge in [-0.25, -0.2) is 14.1 Å². The maximum absolute atomic E-state index is 13.6. The normalized spacial score (nSPS) is 35.7. The second-order valence-corrected chi connectivity index (χ2v) is 13.2. The van der Waals surface area contributed by atoms with Gasteiger partial charge in [0.2, 0.25) is 5.91 Å². The molecule has 2 amide bonds. The van der Waals surface area contributed by atoms with Crippen LogP contribution in [0.1, 0.15) is 64.4 Å². The third-order valence-electron chi connectivity index (χ3n) is 11.3. The van der Waals surface area contributed by atoms with Crippen molar-refractivity contribution in [2.24, 2.45) is 34.5 Å². The van der Waals surface area contributed by atoms with Crippen molar-refractivity contribution in [2.75, 3.05) is 14.1 Å². The number of benzene rings is 1. The summed E-state index contributed by atoms with van der Waals surface area (Å²) < 4.78 is 1.63. The predicted molar refractivity (Wildman–Crippen MR) is 145 cm³/mol. The first kappa shape index (κ1) is 25.4. The lowest BCUT2D eigenvalue weighted by Gasteiger charge is -2.58. The van der Waals surface area contributed by atoms with Gasteiger partial charge in [0.05, 0.1) is 26.0 Å². The zero-order valence-corrected chi connectivity index (χ0v) is 23.0. The monoisotopic (exact) mass is 518 g/mol. The maximum atomic E-state index is 13.6. The Bertz CT molecular complexity index is 1370. The Kier molecular flexibility index (Phi) is 5.69. The molecule has 2 saturated carbocycles. The minimum Gasteiger partial charge on any atom is -0.464 e. The standard InChI is InChI=1S/C31H39N3O4/c1-30-15-13-23-21(9-12-26-31(23,2)16-14-27(35)34(26,3)4)22(30)10-11-24(30)28(36)32-17-19-18-33(29(37)38)25-8-6-5-7-20(19)25/h5-8,12,18,21-24H,9-11,13-17H2,1-4H3,(H-,32,36,37,38)/p+1. The summed E-state index contributed by atoms with van der Waals surface area (Å²) in [6.07, 6.45) is 9.71. The van der Waals surface area contributed by atoms with Crippen LogP contribution in [0.2, 0.25) is 0 Å². The molecule has 3 aliphatic carbocycles. The van der Waals surface area contributed by atoms with E-state index in [2.05, 4.69) is 39.3 Å². The first-order valence-corrected chi connectivity index (χ1v) is 14.2. The van der Waals surface area contributed by atoms with Crippen LogP contribution in [-0.4, -0.2) is 46.2 Å². The summed E-state index contributed by atoms with van der Waals surface area (Å²) in [5.74, 6) is 2.02. The number of piperidine rings is 1. The fraction of sp³-hybridized carbons (Fsp3) is 0.581. The Balaban J connectivity index is 1.21. The molecule has 0 radical (unpaired) electrons. The van der Waals surface area contributed by atoms with Gasteiger partial charge < -0.3 is 10.4 Å². The van der Waals surface area contributed by atoms with Crippen LogP contribution >= 0.6 is 0 Å². The molecule has 1 aromatic carbocycles. The van der Waals surface area contributed by atoms with Crippen LogP contribution in [0.4, 0.5) is 4.79 Å². The minimum absolute atomic E-state index is 0.0281. The molecule has 6 atom stereocenters. The Hall–Kier alpha value is -2.93. The summed E-state index contributed by atoms with van der Waals surface area (Å²) in [6, 6.07) is 7.43. The SMILES string of the molecule is CC12CCC(=O)[N+](C)(C)C1=CCC1C2CCC2(C)C(C(=O)NCc3cn(C(=O)O)c4ccccc34)CCC12. The molecule has 0 spiro atoms. The van der Waals surface area contributed by atoms with E-state index in [4.69, 9.17) is 0 Å². The lowest BCUT2D eigenvalue weighted by Crippen LogP contribution is -2.59. The Morgan fingerprint density at radius 3 is 2.63 bits per heavy atom. The summed E-state index contributed by atoms with van der Waals surface area (Å²) in [6.45, 7) is 5.07. The highest BCUT2D eigenvalue weighted by Crippen LogP contribution is 2.66. The van der Waals surface area contributed by atoms with Gasteiger partial charge in [0, 0.05) is 29.5 Å². The lowest BCUT2D eigenvalue weighted by molar-refractivity contribution is -0.786. The molecule has 1 aromatic heterocycles. The number of carboxylic acid groups (broad SMARTS) is 1. The number of hydrogen-bond donors (Lipinski definition) is 2. The lowest BCUT2D eigenvalue weighted by atomic mass is 9.48. The Morgan fingerprint density at radius 1 is 1.11 bits per heavy atom. The number of carbonyl (C=O) groups is 3. The number of hydrogen-bond acceptors (Lipinski definition) is 3. The van der Waals surface area contributed by atoms with E-state index in [9.17, 15) is 19.5 Å². The van der Waals surface area contributed by atoms with Crippen LogP contribution < -0.4 is 5.32 Å². The number of amides is 2. The zero-order valence-electron chi connectivity index (χ0n) is 23.0. The Labute approximate surface area is 224 Å². The van der Waals surface area contributed by atoms with Gasteiger partial charge in [-0.15, -0.1) is 0 Å². The van der Waals surface area contributed by atoms with E-state index in [1.54, 1.807) is 12.3 Å². The van der Waals surface area contributed by atoms with Crippen molar-refractivity contribution >= 4 is 28.8 Å². The van der Waals surface area contributed by atoms with E-state index in [1.165, 1.54) is 10.3 Å². The quantitative estimate of drug-likeness (QED) is 0.523. The fourth-order valence-electron chi connectivity index (χ4n) is 9.32. The van der Waals surface area contributed by atoms with Crippen molar-refractivity contribution in [3.05, 3.63) is 47.8 Å². The average molecular weight is 519 g/mol. The first-order chi connectivity index (χ1) is 18.0. The molecule has 7 nitrogen and oxygen atoms in total. The summed E-state index contributed by atoms with van der Waals surface area (Å²) in [5.41, 5.74) is 2.80. The molecule has 6 unspecified atom stereocenters. The van der Waals surface area contributed by atoms with Crippen LogP contribution in [0.15, 0.2) is 42.2 Å². The van der Waals surface area contributed by atoms with E-state index in [-0.39, 0.29) is 22.7 Å². The van der Waals surface area contributed by atoms with Crippen LogP contribution in [0, 0.1) is 34.5 Å². The predicted octanol–water partition coefficient (Wildman–Crippen LogP) is 5.53. The molecule has 0 bridgehead atoms. The van der Waals surface area contributed by atoms with Crippen molar-refractivity contribution in [1.82, 2.24) is 9.88 Å². The summed E-state index contributed by atoms with van der Waals surface area (Å²) in [7, 11) is 4.12. The third-order valence-corrected chi connectivity index (χ3v) is 11.3. The fourth-order valence-corrected chi connectivity index (χ4v) is 9.32. The van der Waals surface area contributed by atoms with E-state index in [0.717, 1.165) is 49.5 Å². The van der Waals surface area contributed by atoms with Gasteiger partial charge in [-0.2, -0.15) is 0 Å². The second-order valence-electron chi connectivity index (χ2n) is 13.2. The summed E-state index contributed by atoms with van der Waals surface area (Å²) in [5, 5.41) is 13.6. The molecule has 7 heteroatoms. The number of nitrogens with zero attached hydrogens (tertiary/aromatic N) is 2. The third kappa shape index (κ3) is 3.47. The number of allylic oxidation sites excluding steroid dienone is 2. The minimum atomic E-state index is -1.02. The van der Waals surface area contributed by atoms with Crippen molar-refractivity contribution in [3.63, 3.8) is 0 Å². The van der Waals surface area contributed by atoms with Gasteiger partial charge in [-0.3, -0.25) is 9.36 Å². The van der Waals surface area contributed by atoms with Gasteiger partial charge in [0.15, 0.2) is 0 Å². The number of para-hydroxylation sites is 1. The van der Waals surface area contributed by atoms with E-state index in [1.807, 2.05) is 18.2 Å². The number of aromatic nitrogens is 1. The van der Waals surface area contributed by atoms with Crippen molar-refractivity contribution < 1.29 is 24.0 Å². The molecule has 3 fully saturated rings. The number of fused-ring (bicyclic) bond motifs is 6. The summed E-state index contributed by atoms with van der Waals surface area (Å²) >= 11 is 0. The first-order valence-electron chi connectivity index (χ1n) is 14.2. The number of quaternary nitrogens is 1. The Morgan fingerprint density at radius 2 is 1.87 bits per heavy atom. The van der Waals surface area contributed by atoms with E-state index < -0.39 is 6.09 Å². The summed E-state index contributed by atoms with van der Waals surface area (Å²) in [4.78, 5) is 38.1. The highest BCUT2D eigenvalue weighted by atomic mass is 16.4. The second kappa shape index (κ2) is 8.54. The number of rotatable bonds is 3. The largest absolute Gasteiger partial charge is 0.464 e. The maximum Gasteiger partial charge on any atom is 0.416 e. The smallest absolute Gasteiger partial charge is 0.416 e. The van der Waals surface area contributed by atoms with Crippen molar-refractivity contribution in [2.45, 2.75) is 65.3 Å². The molecule has 1 aliphatic heterocycles. The van der Waals surface area contributed by atoms with Gasteiger partial charge in [0.25, 0.3) is 0 Å². The number of likely N-dealkylation sites (tertiary alicyclic amines) is 1. The van der Waals surface area contributed by atoms with Crippen molar-refractivity contribution in [3.8, 4) is 0 Å². The molecule has 2 heterocycles. The molecule has 2 aromatic rings. The van der Waals surface area contributed by atoms with Crippen LogP contribution in [0.5, 0.6) is 0 Å². The van der Waals surface area contributed by atoms with Crippen LogP contribution in [-0.2, 0) is 16.1 Å². The van der Waals surface area contributed by atoms with Gasteiger partial charge in [0.1, 0.15) is 5.70 Å². The molecular formula is C31H40N3O4+. The number of nitrogens with one attached hydrogen (secondary N) is 1. The van der Waals surface area contributed by atoms with Gasteiger partial charge in [-0.05, 0) is 79.4 Å². The molecular weight excluding hydrogens is 478 g/mol. The van der Waals surface area contributed by atoms with Gasteiger partial charge >= 0.3 is 12.0 Å². The molecule has 1 saturated heterocycles. The molecule has 6 rings (SSSR count). The van der Waals surface area contributed by atoms with Crippen LogP contribution in [0.25, 0.3) is 10.9 Å². The average Bonchev–Trinajstić information content (AvgIpc) is 3.43. The van der Waals surface area contributed by atoms with E-state index >= 15 is 0 Å². The highest BCUT2D eigenvalue weighted by molar-refractivity contribution is 5.91.